The summed E-state index contributed by atoms with van der Waals surface area (Å²) in [6.45, 7) is 4.79. The van der Waals surface area contributed by atoms with Gasteiger partial charge in [-0.25, -0.2) is 0 Å². The number of hydrogen-bond donors (Lipinski definition) is 0. The Kier molecular flexibility index (Phi) is 7.46. The number of hydrogen-bond acceptors (Lipinski definition) is 4. The van der Waals surface area contributed by atoms with Crippen LogP contribution in [0.4, 0.5) is 5.69 Å². The molecule has 7 aromatic carbocycles. The molecule has 0 spiro atoms. The molecule has 4 heteroatoms. The summed E-state index contributed by atoms with van der Waals surface area (Å²) in [7, 11) is 0. The van der Waals surface area contributed by atoms with Gasteiger partial charge in [0.05, 0.1) is 0 Å². The minimum absolute atomic E-state index is 0.0453. The van der Waals surface area contributed by atoms with Crippen LogP contribution >= 0.6 is 23.1 Å². The second-order valence-electron chi connectivity index (χ2n) is 16.5. The zero-order valence-electron chi connectivity index (χ0n) is 32.3. The molecule has 3 unspecified atom stereocenters. The highest BCUT2D eigenvalue weighted by molar-refractivity contribution is 8.00. The molecule has 0 saturated heterocycles. The zero-order valence-corrected chi connectivity index (χ0v) is 33.9. The van der Waals surface area contributed by atoms with E-state index in [-0.39, 0.29) is 10.8 Å². The third-order valence-corrected chi connectivity index (χ3v) is 15.5. The van der Waals surface area contributed by atoms with Crippen LogP contribution in [0.15, 0.2) is 198 Å². The van der Waals surface area contributed by atoms with Gasteiger partial charge in [-0.1, -0.05) is 129 Å². The fraction of sp³-hybridized carbons (Fsp3) is 0.111. The van der Waals surface area contributed by atoms with Crippen molar-refractivity contribution in [3.8, 4) is 33.8 Å². The summed E-state index contributed by atoms with van der Waals surface area (Å²) < 4.78 is 9.08. The van der Waals surface area contributed by atoms with E-state index in [9.17, 15) is 0 Å². The predicted molar refractivity (Wildman–Crippen MR) is 247 cm³/mol. The van der Waals surface area contributed by atoms with Crippen molar-refractivity contribution in [3.05, 3.63) is 205 Å². The molecule has 1 aromatic heterocycles. The molecule has 0 N–H and O–H groups in total. The molecule has 4 aliphatic rings. The Morgan fingerprint density at radius 2 is 1.48 bits per heavy atom. The topological polar surface area (TPSA) is 12.5 Å². The summed E-state index contributed by atoms with van der Waals surface area (Å²) >= 11 is 3.87. The fourth-order valence-corrected chi connectivity index (χ4v) is 12.4. The Morgan fingerprint density at radius 3 is 2.43 bits per heavy atom. The smallest absolute Gasteiger partial charge is 0.135 e. The molecule has 12 rings (SSSR count). The van der Waals surface area contributed by atoms with Crippen molar-refractivity contribution in [2.75, 3.05) is 4.90 Å². The molecule has 278 valence electrons. The molecule has 0 fully saturated rings. The number of ether oxygens (including phenoxy) is 1. The number of thioether (sulfide) groups is 1. The minimum atomic E-state index is -0.228. The van der Waals surface area contributed by atoms with Crippen LogP contribution in [0.5, 0.6) is 11.5 Å². The molecule has 8 aromatic rings. The van der Waals surface area contributed by atoms with Crippen molar-refractivity contribution >= 4 is 59.7 Å². The molecule has 0 amide bonds. The van der Waals surface area contributed by atoms with Crippen LogP contribution in [0.1, 0.15) is 31.4 Å². The predicted octanol–water partition coefficient (Wildman–Crippen LogP) is 15.1. The highest BCUT2D eigenvalue weighted by atomic mass is 32.2. The van der Waals surface area contributed by atoms with Crippen LogP contribution in [0, 0.1) is 0 Å². The van der Waals surface area contributed by atoms with Gasteiger partial charge in [0.2, 0.25) is 0 Å². The van der Waals surface area contributed by atoms with Crippen molar-refractivity contribution in [3.63, 3.8) is 0 Å². The molecular formula is C54H39NOS2. The lowest BCUT2D eigenvalue weighted by molar-refractivity contribution is 0.487. The Bertz CT molecular complexity index is 3160. The first-order valence-electron chi connectivity index (χ1n) is 20.1. The van der Waals surface area contributed by atoms with Gasteiger partial charge in [-0.15, -0.1) is 23.1 Å². The number of fused-ring (bicyclic) bond motifs is 8. The van der Waals surface area contributed by atoms with Gasteiger partial charge in [0.25, 0.3) is 0 Å². The van der Waals surface area contributed by atoms with E-state index >= 15 is 0 Å². The fourth-order valence-electron chi connectivity index (χ4n) is 9.73. The lowest BCUT2D eigenvalue weighted by Crippen LogP contribution is -2.33. The summed E-state index contributed by atoms with van der Waals surface area (Å²) in [5.74, 6) is 1.83. The minimum Gasteiger partial charge on any atom is -0.456 e. The van der Waals surface area contributed by atoms with Crippen LogP contribution in [0.25, 0.3) is 53.2 Å². The van der Waals surface area contributed by atoms with Crippen LogP contribution in [-0.2, 0) is 10.8 Å². The van der Waals surface area contributed by atoms with E-state index < -0.39 is 0 Å². The van der Waals surface area contributed by atoms with Gasteiger partial charge >= 0.3 is 0 Å². The lowest BCUT2D eigenvalue weighted by Gasteiger charge is -2.38. The highest BCUT2D eigenvalue weighted by Gasteiger charge is 2.43. The van der Waals surface area contributed by atoms with E-state index in [0.717, 1.165) is 23.5 Å². The molecule has 0 radical (unpaired) electrons. The van der Waals surface area contributed by atoms with Crippen molar-refractivity contribution in [2.45, 2.75) is 41.2 Å². The third-order valence-electron chi connectivity index (χ3n) is 12.9. The number of benzene rings is 7. The van der Waals surface area contributed by atoms with Gasteiger partial charge in [-0.3, -0.25) is 0 Å². The van der Waals surface area contributed by atoms with E-state index in [0.29, 0.717) is 5.25 Å². The van der Waals surface area contributed by atoms with Crippen LogP contribution in [0.3, 0.4) is 0 Å². The van der Waals surface area contributed by atoms with Crippen molar-refractivity contribution in [1.82, 2.24) is 0 Å². The molecule has 3 atom stereocenters. The second kappa shape index (κ2) is 12.7. The average Bonchev–Trinajstić information content (AvgIpc) is 3.78. The second-order valence-corrected chi connectivity index (χ2v) is 18.8. The van der Waals surface area contributed by atoms with Gasteiger partial charge in [0, 0.05) is 69.2 Å². The quantitative estimate of drug-likeness (QED) is 0.173. The number of nitrogens with zero attached hydrogens (tertiary/aromatic N) is 1. The lowest BCUT2D eigenvalue weighted by atomic mass is 9.75. The van der Waals surface area contributed by atoms with E-state index in [4.69, 9.17) is 4.74 Å². The zero-order chi connectivity index (χ0) is 38.6. The van der Waals surface area contributed by atoms with Gasteiger partial charge in [-0.2, -0.15) is 0 Å². The van der Waals surface area contributed by atoms with E-state index in [1.54, 1.807) is 0 Å². The first-order valence-corrected chi connectivity index (χ1v) is 21.8. The molecule has 2 aliphatic carbocycles. The summed E-state index contributed by atoms with van der Waals surface area (Å²) in [6.07, 6.45) is 15.5. The van der Waals surface area contributed by atoms with Gasteiger partial charge in [0.1, 0.15) is 11.5 Å². The molecule has 0 saturated carbocycles. The maximum atomic E-state index is 6.45. The standard InChI is InChI=1S/C54H39NOS2/c1-53(37-14-7-13-35(29-37)36-22-25-46-44(30-36)43-17-8-11-34-12-9-19-47(56-46)52(34)43)27-10-15-40(33-53)55(38-23-24-42-41-16-3-5-20-48(41)57-50(42)31-38)39-26-28-54(2)45-18-4-6-21-49(45)58-51(54)32-39/h3-26,28-33,51H,27H2,1-2H3. The molecular weight excluding hydrogens is 743 g/mol. The van der Waals surface area contributed by atoms with Crippen LogP contribution < -0.4 is 9.64 Å². The third kappa shape index (κ3) is 5.18. The summed E-state index contributed by atoms with van der Waals surface area (Å²) in [5, 5.41) is 5.33. The Balaban J connectivity index is 0.953. The number of allylic oxidation sites excluding steroid dienone is 5. The molecule has 3 heterocycles. The molecule has 0 bridgehead atoms. The molecule has 2 nitrogen and oxygen atoms in total. The van der Waals surface area contributed by atoms with Gasteiger partial charge < -0.3 is 9.64 Å². The summed E-state index contributed by atoms with van der Waals surface area (Å²) in [5.41, 5.74) is 10.8. The Hall–Kier alpha value is -6.07. The monoisotopic (exact) mass is 781 g/mol. The van der Waals surface area contributed by atoms with Gasteiger partial charge in [0.15, 0.2) is 0 Å². The normalized spacial score (nSPS) is 21.3. The maximum absolute atomic E-state index is 6.45. The summed E-state index contributed by atoms with van der Waals surface area (Å²) in [4.78, 5) is 3.89. The molecule has 2 aliphatic heterocycles. The van der Waals surface area contributed by atoms with Crippen molar-refractivity contribution in [2.24, 2.45) is 0 Å². The largest absolute Gasteiger partial charge is 0.456 e. The van der Waals surface area contributed by atoms with Crippen LogP contribution in [0.2, 0.25) is 0 Å². The van der Waals surface area contributed by atoms with Crippen LogP contribution in [-0.4, -0.2) is 5.25 Å². The van der Waals surface area contributed by atoms with E-state index in [1.165, 1.54) is 80.7 Å². The Labute approximate surface area is 347 Å². The van der Waals surface area contributed by atoms with Crippen molar-refractivity contribution in [1.29, 1.82) is 0 Å². The van der Waals surface area contributed by atoms with Gasteiger partial charge in [-0.05, 0) is 106 Å². The average molecular weight is 782 g/mol. The molecule has 58 heavy (non-hydrogen) atoms. The highest BCUT2D eigenvalue weighted by Crippen LogP contribution is 2.54. The Morgan fingerprint density at radius 1 is 0.655 bits per heavy atom. The van der Waals surface area contributed by atoms with E-state index in [2.05, 4.69) is 201 Å². The number of thiophene rings is 1. The number of rotatable bonds is 5. The maximum Gasteiger partial charge on any atom is 0.135 e. The SMILES string of the molecule is CC1(c2cccc(-c3ccc4c(c3)-c3cccc5cccc(c35)O4)c2)C=C(N(C2=CC3Sc4ccccc4C3(C)C=C2)c2ccc3c(c2)sc2ccccc23)C=CC1. The van der Waals surface area contributed by atoms with E-state index in [1.807, 2.05) is 23.1 Å². The summed E-state index contributed by atoms with van der Waals surface area (Å²) in [6, 6.07) is 53.4. The first-order chi connectivity index (χ1) is 28.4. The number of anilines is 1. The van der Waals surface area contributed by atoms with Crippen molar-refractivity contribution < 1.29 is 4.74 Å². The first kappa shape index (κ1) is 34.0.